The number of carbonyl (C=O) groups is 1. The Bertz CT molecular complexity index is 430. The summed E-state index contributed by atoms with van der Waals surface area (Å²) in [6, 6.07) is 3.31. The first-order valence-electron chi connectivity index (χ1n) is 6.34. The van der Waals surface area contributed by atoms with E-state index in [2.05, 4.69) is 15.9 Å². The van der Waals surface area contributed by atoms with E-state index in [0.29, 0.717) is 34.7 Å². The van der Waals surface area contributed by atoms with Gasteiger partial charge in [0.15, 0.2) is 12.6 Å². The lowest BCUT2D eigenvalue weighted by Crippen LogP contribution is -2.25. The largest absolute Gasteiger partial charge is 0.496 e. The van der Waals surface area contributed by atoms with Crippen molar-refractivity contribution in [3.63, 3.8) is 0 Å². The van der Waals surface area contributed by atoms with Crippen LogP contribution in [-0.4, -0.2) is 39.5 Å². The SMILES string of the molecule is CCOC(COc1cc(OC)c(C=O)cc1Br)OCC. The summed E-state index contributed by atoms with van der Waals surface area (Å²) in [6.45, 7) is 5.13. The molecule has 0 aromatic heterocycles. The van der Waals surface area contributed by atoms with E-state index in [9.17, 15) is 4.79 Å². The summed E-state index contributed by atoms with van der Waals surface area (Å²) in [5, 5.41) is 0. The predicted molar refractivity (Wildman–Crippen MR) is 78.6 cm³/mol. The standard InChI is InChI=1S/C14H19BrO5/c1-4-18-14(19-5-2)9-20-13-7-12(17-3)10(8-16)6-11(13)15/h6-8,14H,4-5,9H2,1-3H3. The molecule has 0 fully saturated rings. The van der Waals surface area contributed by atoms with Crippen LogP contribution in [0, 0.1) is 0 Å². The van der Waals surface area contributed by atoms with Gasteiger partial charge in [-0.05, 0) is 35.8 Å². The Balaban J connectivity index is 2.78. The van der Waals surface area contributed by atoms with Crippen LogP contribution in [0.3, 0.4) is 0 Å². The van der Waals surface area contributed by atoms with Gasteiger partial charge in [-0.2, -0.15) is 0 Å². The molecule has 1 aromatic carbocycles. The molecule has 0 bridgehead atoms. The van der Waals surface area contributed by atoms with Crippen molar-refractivity contribution >= 4 is 22.2 Å². The van der Waals surface area contributed by atoms with Crippen LogP contribution < -0.4 is 9.47 Å². The predicted octanol–water partition coefficient (Wildman–Crippen LogP) is 3.05. The fraction of sp³-hybridized carbons (Fsp3) is 0.500. The molecule has 0 aliphatic carbocycles. The highest BCUT2D eigenvalue weighted by Crippen LogP contribution is 2.32. The first-order valence-corrected chi connectivity index (χ1v) is 7.14. The van der Waals surface area contributed by atoms with Crippen LogP contribution in [0.1, 0.15) is 24.2 Å². The van der Waals surface area contributed by atoms with Crippen molar-refractivity contribution in [2.75, 3.05) is 26.9 Å². The molecular formula is C14H19BrO5. The Labute approximate surface area is 127 Å². The maximum Gasteiger partial charge on any atom is 0.191 e. The van der Waals surface area contributed by atoms with Gasteiger partial charge in [-0.25, -0.2) is 0 Å². The van der Waals surface area contributed by atoms with Crippen molar-refractivity contribution in [2.45, 2.75) is 20.1 Å². The molecule has 0 unspecified atom stereocenters. The van der Waals surface area contributed by atoms with E-state index in [1.807, 2.05) is 13.8 Å². The van der Waals surface area contributed by atoms with E-state index in [1.165, 1.54) is 7.11 Å². The maximum absolute atomic E-state index is 10.9. The minimum absolute atomic E-state index is 0.254. The first kappa shape index (κ1) is 16.9. The van der Waals surface area contributed by atoms with Crippen LogP contribution in [0.2, 0.25) is 0 Å². The minimum atomic E-state index is -0.423. The fourth-order valence-corrected chi connectivity index (χ4v) is 2.08. The second-order valence-electron chi connectivity index (χ2n) is 3.79. The van der Waals surface area contributed by atoms with Gasteiger partial charge in [0, 0.05) is 19.3 Å². The summed E-state index contributed by atoms with van der Waals surface area (Å²) < 4.78 is 22.3. The Morgan fingerprint density at radius 3 is 2.35 bits per heavy atom. The number of aldehydes is 1. The van der Waals surface area contributed by atoms with Crippen LogP contribution in [0.5, 0.6) is 11.5 Å². The van der Waals surface area contributed by atoms with Crippen molar-refractivity contribution in [3.8, 4) is 11.5 Å². The number of hydrogen-bond acceptors (Lipinski definition) is 5. The summed E-state index contributed by atoms with van der Waals surface area (Å²) in [6.07, 6.45) is 0.310. The van der Waals surface area contributed by atoms with Gasteiger partial charge in [0.05, 0.1) is 17.1 Å². The third-order valence-electron chi connectivity index (χ3n) is 2.49. The van der Waals surface area contributed by atoms with E-state index in [-0.39, 0.29) is 6.61 Å². The summed E-state index contributed by atoms with van der Waals surface area (Å²) in [4.78, 5) is 10.9. The van der Waals surface area contributed by atoms with Gasteiger partial charge >= 0.3 is 0 Å². The Morgan fingerprint density at radius 2 is 1.85 bits per heavy atom. The van der Waals surface area contributed by atoms with E-state index in [1.54, 1.807) is 12.1 Å². The van der Waals surface area contributed by atoms with Crippen LogP contribution in [0.25, 0.3) is 0 Å². The van der Waals surface area contributed by atoms with Gasteiger partial charge in [-0.1, -0.05) is 0 Å². The van der Waals surface area contributed by atoms with Crippen LogP contribution >= 0.6 is 15.9 Å². The molecule has 0 N–H and O–H groups in total. The van der Waals surface area contributed by atoms with Gasteiger partial charge in [-0.15, -0.1) is 0 Å². The molecule has 0 aliphatic rings. The number of halogens is 1. The zero-order chi connectivity index (χ0) is 15.0. The smallest absolute Gasteiger partial charge is 0.191 e. The average molecular weight is 347 g/mol. The van der Waals surface area contributed by atoms with Crippen molar-refractivity contribution in [1.82, 2.24) is 0 Å². The molecule has 0 heterocycles. The molecule has 20 heavy (non-hydrogen) atoms. The summed E-state index contributed by atoms with van der Waals surface area (Å²) in [7, 11) is 1.50. The highest BCUT2D eigenvalue weighted by molar-refractivity contribution is 9.10. The Hall–Kier alpha value is -1.11. The number of carbonyl (C=O) groups excluding carboxylic acids is 1. The molecule has 0 atom stereocenters. The first-order chi connectivity index (χ1) is 9.65. The van der Waals surface area contributed by atoms with Gasteiger partial charge < -0.3 is 18.9 Å². The van der Waals surface area contributed by atoms with E-state index < -0.39 is 6.29 Å². The van der Waals surface area contributed by atoms with Gasteiger partial charge in [0.2, 0.25) is 0 Å². The molecular weight excluding hydrogens is 328 g/mol. The molecule has 0 saturated carbocycles. The topological polar surface area (TPSA) is 54.0 Å². The highest BCUT2D eigenvalue weighted by Gasteiger charge is 2.13. The van der Waals surface area contributed by atoms with E-state index in [4.69, 9.17) is 18.9 Å². The van der Waals surface area contributed by atoms with Crippen LogP contribution in [0.4, 0.5) is 0 Å². The molecule has 0 spiro atoms. The normalized spacial score (nSPS) is 10.7. The fourth-order valence-electron chi connectivity index (χ4n) is 1.60. The Morgan fingerprint density at radius 1 is 1.20 bits per heavy atom. The number of methoxy groups -OCH3 is 1. The monoisotopic (exact) mass is 346 g/mol. The quantitative estimate of drug-likeness (QED) is 0.508. The van der Waals surface area contributed by atoms with E-state index >= 15 is 0 Å². The average Bonchev–Trinajstić information content (AvgIpc) is 2.45. The summed E-state index contributed by atoms with van der Waals surface area (Å²) in [5.41, 5.74) is 0.456. The van der Waals surface area contributed by atoms with Gasteiger partial charge in [0.25, 0.3) is 0 Å². The maximum atomic E-state index is 10.9. The van der Waals surface area contributed by atoms with Crippen LogP contribution in [0.15, 0.2) is 16.6 Å². The summed E-state index contributed by atoms with van der Waals surface area (Å²) >= 11 is 3.36. The van der Waals surface area contributed by atoms with Crippen molar-refractivity contribution in [3.05, 3.63) is 22.2 Å². The molecule has 0 radical (unpaired) electrons. The molecule has 1 rings (SSSR count). The third-order valence-corrected chi connectivity index (χ3v) is 3.11. The number of ether oxygens (including phenoxy) is 4. The molecule has 0 saturated heterocycles. The van der Waals surface area contributed by atoms with Crippen molar-refractivity contribution in [1.29, 1.82) is 0 Å². The van der Waals surface area contributed by atoms with Gasteiger partial charge in [0.1, 0.15) is 18.1 Å². The molecule has 112 valence electrons. The lowest BCUT2D eigenvalue weighted by Gasteiger charge is -2.18. The second-order valence-corrected chi connectivity index (χ2v) is 4.65. The Kier molecular flexibility index (Phi) is 7.58. The molecule has 6 heteroatoms. The van der Waals surface area contributed by atoms with E-state index in [0.717, 1.165) is 6.29 Å². The minimum Gasteiger partial charge on any atom is -0.496 e. The highest BCUT2D eigenvalue weighted by atomic mass is 79.9. The van der Waals surface area contributed by atoms with Crippen LogP contribution in [-0.2, 0) is 9.47 Å². The second kappa shape index (κ2) is 8.94. The zero-order valence-corrected chi connectivity index (χ0v) is 13.4. The number of hydrogen-bond donors (Lipinski definition) is 0. The zero-order valence-electron chi connectivity index (χ0n) is 11.8. The molecule has 1 aromatic rings. The van der Waals surface area contributed by atoms with Gasteiger partial charge in [-0.3, -0.25) is 4.79 Å². The number of benzene rings is 1. The lowest BCUT2D eigenvalue weighted by atomic mass is 10.2. The third kappa shape index (κ3) is 4.77. The van der Waals surface area contributed by atoms with Crippen molar-refractivity contribution in [2.24, 2.45) is 0 Å². The van der Waals surface area contributed by atoms with Crippen molar-refractivity contribution < 1.29 is 23.7 Å². The lowest BCUT2D eigenvalue weighted by molar-refractivity contribution is -0.152. The molecule has 0 aliphatic heterocycles. The number of rotatable bonds is 9. The molecule has 5 nitrogen and oxygen atoms in total. The molecule has 0 amide bonds. The summed E-state index contributed by atoms with van der Waals surface area (Å²) in [5.74, 6) is 1.03.